The Balaban J connectivity index is 1.81. The minimum Gasteiger partial charge on any atom is -0.478 e. The molecule has 0 fully saturated rings. The molecule has 0 saturated carbocycles. The van der Waals surface area contributed by atoms with Crippen LogP contribution in [-0.4, -0.2) is 98.8 Å². The van der Waals surface area contributed by atoms with Gasteiger partial charge < -0.3 is 21.9 Å². The van der Waals surface area contributed by atoms with Crippen molar-refractivity contribution in [2.24, 2.45) is 30.7 Å². The third-order valence-electron chi connectivity index (χ3n) is 7.46. The van der Waals surface area contributed by atoms with Gasteiger partial charge >= 0.3 is 26.8 Å². The number of anilines is 2. The minimum absolute atomic E-state index is 0.124. The molecule has 0 atom stereocenters. The van der Waals surface area contributed by atoms with E-state index in [1.807, 2.05) is 0 Å². The van der Waals surface area contributed by atoms with Crippen molar-refractivity contribution in [1.82, 2.24) is 5.32 Å². The molecule has 0 unspecified atom stereocenters. The van der Waals surface area contributed by atoms with Gasteiger partial charge in [-0.25, -0.2) is 34.9 Å². The summed E-state index contributed by atoms with van der Waals surface area (Å²) in [6, 6.07) is 15.7. The van der Waals surface area contributed by atoms with E-state index >= 15 is 0 Å². The maximum atomic E-state index is 12.9. The van der Waals surface area contributed by atoms with E-state index in [2.05, 4.69) is 44.4 Å². The number of nitrogens with zero attached hydrogens (tertiary/aromatic N) is 6. The highest BCUT2D eigenvalue weighted by atomic mass is 32.3. The van der Waals surface area contributed by atoms with Crippen LogP contribution >= 0.6 is 12.0 Å². The number of sulfone groups is 2. The highest BCUT2D eigenvalue weighted by Crippen LogP contribution is 2.49. The summed E-state index contributed by atoms with van der Waals surface area (Å²) in [7, 11) is -16.5. The Morgan fingerprint density at radius 2 is 1.08 bits per heavy atom. The van der Waals surface area contributed by atoms with E-state index in [1.54, 1.807) is 19.2 Å². The SMILES string of the molecule is CNCCOOSc1cccc(N=Nc2c(N)c(/N=N\c3cccc(S(=O)(=O)CCOS(=O)(=O)O)c3)c(N)c(N=Nc3cccc(S(=O)(=O)CCOS(=O)(=O)O)c3)c2C(=O)O)c1. The summed E-state index contributed by atoms with van der Waals surface area (Å²) in [5, 5.41) is 37.5. The number of carboxylic acid groups (broad SMARTS) is 1. The summed E-state index contributed by atoms with van der Waals surface area (Å²) in [6.07, 6.45) is 0. The molecule has 8 N–H and O–H groups in total. The molecule has 0 heterocycles. The molecule has 0 spiro atoms. The number of carboxylic acids is 1. The zero-order chi connectivity index (χ0) is 45.7. The van der Waals surface area contributed by atoms with E-state index in [4.69, 9.17) is 29.8 Å². The second-order valence-corrected chi connectivity index (χ2v) is 19.0. The van der Waals surface area contributed by atoms with Crippen molar-refractivity contribution in [2.75, 3.05) is 56.4 Å². The van der Waals surface area contributed by atoms with Crippen molar-refractivity contribution in [1.29, 1.82) is 0 Å². The number of hydrogen-bond acceptors (Lipinski definition) is 23. The van der Waals surface area contributed by atoms with E-state index < -0.39 is 105 Å². The number of hydrogen-bond donors (Lipinski definition) is 6. The molecule has 334 valence electrons. The molecular formula is C32H35N9O16S5. The smallest absolute Gasteiger partial charge is 0.397 e. The maximum absolute atomic E-state index is 12.9. The molecule has 0 radical (unpaired) electrons. The van der Waals surface area contributed by atoms with E-state index in [0.29, 0.717) is 11.4 Å². The van der Waals surface area contributed by atoms with Gasteiger partial charge in [-0.3, -0.25) is 9.11 Å². The zero-order valence-electron chi connectivity index (χ0n) is 31.7. The van der Waals surface area contributed by atoms with Crippen LogP contribution in [0.1, 0.15) is 10.4 Å². The lowest BCUT2D eigenvalue weighted by atomic mass is 10.1. The number of aromatic carboxylic acids is 1. The molecule has 0 bridgehead atoms. The van der Waals surface area contributed by atoms with Crippen LogP contribution in [0.15, 0.2) is 118 Å². The number of nitrogens with one attached hydrogen (secondary N) is 1. The van der Waals surface area contributed by atoms with Gasteiger partial charge in [0.05, 0.1) is 81.6 Å². The van der Waals surface area contributed by atoms with Gasteiger partial charge in [-0.1, -0.05) is 18.2 Å². The molecule has 25 nitrogen and oxygen atoms in total. The quantitative estimate of drug-likeness (QED) is 0.0106. The number of carbonyl (C=O) groups is 1. The predicted octanol–water partition coefficient (Wildman–Crippen LogP) is 5.16. The van der Waals surface area contributed by atoms with Gasteiger partial charge in [-0.2, -0.15) is 36.5 Å². The van der Waals surface area contributed by atoms with Gasteiger partial charge in [0, 0.05) is 11.4 Å². The first-order valence-electron chi connectivity index (χ1n) is 16.9. The van der Waals surface area contributed by atoms with Gasteiger partial charge in [0.2, 0.25) is 0 Å². The summed E-state index contributed by atoms with van der Waals surface area (Å²) in [6.45, 7) is -1.06. The zero-order valence-corrected chi connectivity index (χ0v) is 35.8. The fourth-order valence-electron chi connectivity index (χ4n) is 4.64. The molecule has 30 heteroatoms. The minimum atomic E-state index is -4.93. The predicted molar refractivity (Wildman–Crippen MR) is 220 cm³/mol. The number of nitrogens with two attached hydrogens (primary N) is 2. The van der Waals surface area contributed by atoms with Crippen molar-refractivity contribution < 1.29 is 70.3 Å². The summed E-state index contributed by atoms with van der Waals surface area (Å²) in [5.41, 5.74) is 9.27. The van der Waals surface area contributed by atoms with Crippen molar-refractivity contribution in [2.45, 2.75) is 14.7 Å². The molecule has 4 aromatic carbocycles. The summed E-state index contributed by atoms with van der Waals surface area (Å²) < 4.78 is 126. The van der Waals surface area contributed by atoms with Crippen LogP contribution in [0, 0.1) is 0 Å². The lowest BCUT2D eigenvalue weighted by molar-refractivity contribution is -0.188. The average Bonchev–Trinajstić information content (AvgIpc) is 3.19. The summed E-state index contributed by atoms with van der Waals surface area (Å²) in [4.78, 5) is 17.7. The van der Waals surface area contributed by atoms with Crippen LogP contribution in [0.3, 0.4) is 0 Å². The first-order chi connectivity index (χ1) is 29.1. The van der Waals surface area contributed by atoms with Crippen molar-refractivity contribution >= 4 is 104 Å². The standard InChI is InChI=1S/C32H35N9O16S5/c1-35-11-12-54-57-58-23-8-2-5-20(17-23)36-39-29-26(32(42)43)30(40-37-21-6-3-9-24(18-21)59(44,45)15-13-55-61(48,49)50)28(34)31(27(29)33)41-38-22-7-4-10-25(19-22)60(46,47)16-14-56-62(51,52)53/h2-10,17-19,35H,11-16,33-34H2,1H3,(H,42,43)(H,48,49,50)(H,51,52,53)/b39-36?,40-37?,41-38-. The van der Waals surface area contributed by atoms with Crippen molar-refractivity contribution in [3.63, 3.8) is 0 Å². The maximum Gasteiger partial charge on any atom is 0.397 e. The molecule has 0 amide bonds. The van der Waals surface area contributed by atoms with Crippen LogP contribution in [-0.2, 0) is 58.1 Å². The van der Waals surface area contributed by atoms with E-state index in [9.17, 15) is 43.6 Å². The second-order valence-electron chi connectivity index (χ2n) is 11.9. The third-order valence-corrected chi connectivity index (χ3v) is 12.4. The van der Waals surface area contributed by atoms with Gasteiger partial charge in [-0.15, -0.1) is 15.3 Å². The van der Waals surface area contributed by atoms with Gasteiger partial charge in [0.15, 0.2) is 19.7 Å². The second kappa shape index (κ2) is 21.6. The average molecular weight is 962 g/mol. The first kappa shape index (κ1) is 49.3. The van der Waals surface area contributed by atoms with Gasteiger partial charge in [0.1, 0.15) is 22.6 Å². The summed E-state index contributed by atoms with van der Waals surface area (Å²) in [5.74, 6) is -3.42. The number of likely N-dealkylation sites (N-methyl/N-ethyl adjacent to an activating group) is 1. The fraction of sp³-hybridized carbons (Fsp3) is 0.219. The Labute approximate surface area is 358 Å². The molecule has 0 aliphatic heterocycles. The molecule has 0 aliphatic rings. The van der Waals surface area contributed by atoms with Crippen molar-refractivity contribution in [3.8, 4) is 0 Å². The topological polar surface area (TPSA) is 389 Å². The Morgan fingerprint density at radius 1 is 0.645 bits per heavy atom. The van der Waals surface area contributed by atoms with E-state index in [1.165, 1.54) is 36.4 Å². The molecule has 0 saturated heterocycles. The molecular weight excluding hydrogens is 927 g/mol. The molecule has 62 heavy (non-hydrogen) atoms. The molecule has 0 aromatic heterocycles. The number of nitrogen functional groups attached to an aromatic ring is 2. The molecule has 4 aromatic rings. The highest BCUT2D eigenvalue weighted by molar-refractivity contribution is 7.94. The lowest BCUT2D eigenvalue weighted by Crippen LogP contribution is -2.15. The first-order valence-corrected chi connectivity index (χ1v) is 23.7. The Kier molecular flexibility index (Phi) is 17.2. The van der Waals surface area contributed by atoms with Gasteiger partial charge in [-0.05, 0) is 61.6 Å². The largest absolute Gasteiger partial charge is 0.478 e. The van der Waals surface area contributed by atoms with E-state index in [0.717, 1.165) is 36.3 Å². The third kappa shape index (κ3) is 14.9. The summed E-state index contributed by atoms with van der Waals surface area (Å²) >= 11 is 0.850. The number of azo groups is 3. The lowest BCUT2D eigenvalue weighted by Gasteiger charge is -2.13. The number of rotatable bonds is 23. The Hall–Kier alpha value is -5.38. The van der Waals surface area contributed by atoms with Crippen LogP contribution in [0.2, 0.25) is 0 Å². The van der Waals surface area contributed by atoms with Crippen LogP contribution in [0.25, 0.3) is 0 Å². The fourth-order valence-corrected chi connectivity index (χ4v) is 8.19. The van der Waals surface area contributed by atoms with E-state index in [-0.39, 0.29) is 33.5 Å². The number of benzene rings is 4. The van der Waals surface area contributed by atoms with Gasteiger partial charge in [0.25, 0.3) is 0 Å². The van der Waals surface area contributed by atoms with Crippen LogP contribution < -0.4 is 16.8 Å². The Bertz CT molecular complexity index is 2830. The Morgan fingerprint density at radius 3 is 1.52 bits per heavy atom. The van der Waals surface area contributed by atoms with Crippen LogP contribution in [0.5, 0.6) is 0 Å². The highest BCUT2D eigenvalue weighted by Gasteiger charge is 2.27. The van der Waals surface area contributed by atoms with Crippen LogP contribution in [0.4, 0.5) is 45.5 Å². The normalized spacial score (nSPS) is 12.8. The molecule has 0 aliphatic carbocycles. The monoisotopic (exact) mass is 961 g/mol. The molecule has 4 rings (SSSR count). The van der Waals surface area contributed by atoms with Crippen molar-refractivity contribution in [3.05, 3.63) is 78.4 Å².